The van der Waals surface area contributed by atoms with Crippen LogP contribution in [0.4, 0.5) is 5.69 Å². The second-order valence-electron chi connectivity index (χ2n) is 5.63. The summed E-state index contributed by atoms with van der Waals surface area (Å²) < 4.78 is 2.13. The molecule has 3 aromatic rings. The minimum absolute atomic E-state index is 0.132. The van der Waals surface area contributed by atoms with Crippen molar-refractivity contribution in [3.05, 3.63) is 67.7 Å². The van der Waals surface area contributed by atoms with E-state index in [1.54, 1.807) is 17.4 Å². The van der Waals surface area contributed by atoms with E-state index in [4.69, 9.17) is 0 Å². The molecule has 0 aliphatic heterocycles. The van der Waals surface area contributed by atoms with Crippen LogP contribution < -0.4 is 10.9 Å². The molecule has 1 aromatic carbocycles. The van der Waals surface area contributed by atoms with Crippen molar-refractivity contribution in [3.8, 4) is 10.6 Å². The molecule has 0 aliphatic carbocycles. The van der Waals surface area contributed by atoms with Gasteiger partial charge in [0.1, 0.15) is 12.2 Å². The van der Waals surface area contributed by atoms with Crippen LogP contribution in [-0.2, 0) is 11.3 Å². The number of thiophene rings is 1. The Hall–Kier alpha value is -2.25. The highest BCUT2D eigenvalue weighted by Crippen LogP contribution is 2.25. The molecule has 0 bridgehead atoms. The molecule has 0 spiro atoms. The van der Waals surface area contributed by atoms with Crippen LogP contribution >= 0.6 is 27.3 Å². The van der Waals surface area contributed by atoms with Crippen LogP contribution in [0.25, 0.3) is 10.6 Å². The second-order valence-corrected chi connectivity index (χ2v) is 7.84. The SMILES string of the molecule is Cc1ccc(-c2ccc(=O)n(CC(=O)Nc3ccc(Br)cc3C)n2)s1. The summed E-state index contributed by atoms with van der Waals surface area (Å²) in [4.78, 5) is 26.5. The lowest BCUT2D eigenvalue weighted by atomic mass is 10.2. The van der Waals surface area contributed by atoms with Gasteiger partial charge < -0.3 is 5.32 Å². The largest absolute Gasteiger partial charge is 0.324 e. The van der Waals surface area contributed by atoms with Gasteiger partial charge in [0.2, 0.25) is 5.91 Å². The third-order valence-electron chi connectivity index (χ3n) is 3.62. The third-order valence-corrected chi connectivity index (χ3v) is 5.13. The topological polar surface area (TPSA) is 64.0 Å². The van der Waals surface area contributed by atoms with Gasteiger partial charge in [-0.3, -0.25) is 9.59 Å². The summed E-state index contributed by atoms with van der Waals surface area (Å²) >= 11 is 4.99. The van der Waals surface area contributed by atoms with Crippen molar-refractivity contribution in [2.75, 3.05) is 5.32 Å². The summed E-state index contributed by atoms with van der Waals surface area (Å²) in [5.74, 6) is -0.292. The second kappa shape index (κ2) is 7.33. The fourth-order valence-electron chi connectivity index (χ4n) is 2.36. The fourth-order valence-corrected chi connectivity index (χ4v) is 3.67. The van der Waals surface area contributed by atoms with Gasteiger partial charge in [-0.05, 0) is 55.8 Å². The number of nitrogens with zero attached hydrogens (tertiary/aromatic N) is 2. The zero-order chi connectivity index (χ0) is 18.0. The minimum Gasteiger partial charge on any atom is -0.324 e. The van der Waals surface area contributed by atoms with Gasteiger partial charge >= 0.3 is 0 Å². The molecule has 0 radical (unpaired) electrons. The molecular weight excluding hydrogens is 402 g/mol. The predicted octanol–water partition coefficient (Wildman–Crippen LogP) is 3.99. The van der Waals surface area contributed by atoms with Crippen LogP contribution in [-0.4, -0.2) is 15.7 Å². The Morgan fingerprint density at radius 2 is 2.00 bits per heavy atom. The predicted molar refractivity (Wildman–Crippen MR) is 104 cm³/mol. The van der Waals surface area contributed by atoms with Crippen molar-refractivity contribution in [1.82, 2.24) is 9.78 Å². The zero-order valence-corrected chi connectivity index (χ0v) is 16.1. The van der Waals surface area contributed by atoms with E-state index < -0.39 is 0 Å². The normalized spacial score (nSPS) is 10.7. The maximum Gasteiger partial charge on any atom is 0.267 e. The van der Waals surface area contributed by atoms with E-state index in [1.165, 1.54) is 10.7 Å². The van der Waals surface area contributed by atoms with Crippen molar-refractivity contribution < 1.29 is 4.79 Å². The highest BCUT2D eigenvalue weighted by Gasteiger charge is 2.10. The van der Waals surface area contributed by atoms with Crippen molar-refractivity contribution in [3.63, 3.8) is 0 Å². The van der Waals surface area contributed by atoms with E-state index >= 15 is 0 Å². The van der Waals surface area contributed by atoms with Gasteiger partial charge in [0, 0.05) is 21.1 Å². The molecule has 3 rings (SSSR count). The Balaban J connectivity index is 1.80. The molecule has 0 fully saturated rings. The summed E-state index contributed by atoms with van der Waals surface area (Å²) in [6, 6.07) is 12.7. The van der Waals surface area contributed by atoms with Gasteiger partial charge in [0.25, 0.3) is 5.56 Å². The number of carbonyl (C=O) groups excluding carboxylic acids is 1. The lowest BCUT2D eigenvalue weighted by Gasteiger charge is -2.10. The first-order valence-electron chi connectivity index (χ1n) is 7.63. The molecule has 2 aromatic heterocycles. The summed E-state index contributed by atoms with van der Waals surface area (Å²) in [6.45, 7) is 3.79. The molecule has 1 N–H and O–H groups in total. The average molecular weight is 418 g/mol. The first-order valence-corrected chi connectivity index (χ1v) is 9.24. The van der Waals surface area contributed by atoms with Gasteiger partial charge in [-0.25, -0.2) is 4.68 Å². The van der Waals surface area contributed by atoms with Crippen LogP contribution in [0.3, 0.4) is 0 Å². The maximum absolute atomic E-state index is 12.3. The first-order chi connectivity index (χ1) is 11.9. The fraction of sp³-hybridized carbons (Fsp3) is 0.167. The number of anilines is 1. The highest BCUT2D eigenvalue weighted by atomic mass is 79.9. The van der Waals surface area contributed by atoms with E-state index in [9.17, 15) is 9.59 Å². The Labute approximate surface area is 157 Å². The Morgan fingerprint density at radius 1 is 1.20 bits per heavy atom. The van der Waals surface area contributed by atoms with Crippen LogP contribution in [0.15, 0.2) is 51.7 Å². The van der Waals surface area contributed by atoms with Crippen LogP contribution in [0.1, 0.15) is 10.4 Å². The van der Waals surface area contributed by atoms with E-state index in [-0.39, 0.29) is 18.0 Å². The van der Waals surface area contributed by atoms with E-state index in [0.717, 1.165) is 19.8 Å². The number of benzene rings is 1. The number of hydrogen-bond donors (Lipinski definition) is 1. The standard InChI is InChI=1S/C18H16BrN3O2S/c1-11-9-13(19)4-5-14(11)20-17(23)10-22-18(24)8-6-15(21-22)16-7-3-12(2)25-16/h3-9H,10H2,1-2H3,(H,20,23). The summed E-state index contributed by atoms with van der Waals surface area (Å²) in [7, 11) is 0. The number of aryl methyl sites for hydroxylation is 2. The summed E-state index contributed by atoms with van der Waals surface area (Å²) in [5, 5.41) is 7.14. The van der Waals surface area contributed by atoms with Crippen LogP contribution in [0.2, 0.25) is 0 Å². The highest BCUT2D eigenvalue weighted by molar-refractivity contribution is 9.10. The molecule has 0 aliphatic rings. The molecule has 0 saturated heterocycles. The molecule has 5 nitrogen and oxygen atoms in total. The van der Waals surface area contributed by atoms with E-state index in [2.05, 4.69) is 26.3 Å². The molecule has 25 heavy (non-hydrogen) atoms. The van der Waals surface area contributed by atoms with E-state index in [1.807, 2.05) is 44.2 Å². The van der Waals surface area contributed by atoms with Crippen LogP contribution in [0, 0.1) is 13.8 Å². The van der Waals surface area contributed by atoms with Gasteiger partial charge in [-0.1, -0.05) is 15.9 Å². The van der Waals surface area contributed by atoms with Gasteiger partial charge in [-0.15, -0.1) is 11.3 Å². The number of nitrogens with one attached hydrogen (secondary N) is 1. The Kier molecular flexibility index (Phi) is 5.15. The first kappa shape index (κ1) is 17.6. The van der Waals surface area contributed by atoms with Crippen LogP contribution in [0.5, 0.6) is 0 Å². The zero-order valence-electron chi connectivity index (χ0n) is 13.7. The Bertz CT molecular complexity index is 994. The smallest absolute Gasteiger partial charge is 0.267 e. The Morgan fingerprint density at radius 3 is 2.68 bits per heavy atom. The molecule has 128 valence electrons. The number of amides is 1. The molecule has 0 atom stereocenters. The number of carbonyl (C=O) groups is 1. The van der Waals surface area contributed by atoms with Crippen molar-refractivity contribution >= 4 is 38.9 Å². The number of hydrogen-bond acceptors (Lipinski definition) is 4. The van der Waals surface area contributed by atoms with Gasteiger partial charge in [0.05, 0.1) is 4.88 Å². The van der Waals surface area contributed by atoms with Crippen molar-refractivity contribution in [2.45, 2.75) is 20.4 Å². The lowest BCUT2D eigenvalue weighted by Crippen LogP contribution is -2.29. The minimum atomic E-state index is -0.306. The maximum atomic E-state index is 12.3. The molecule has 7 heteroatoms. The molecular formula is C18H16BrN3O2S. The third kappa shape index (κ3) is 4.24. The summed E-state index contributed by atoms with van der Waals surface area (Å²) in [5.41, 5.74) is 2.03. The van der Waals surface area contributed by atoms with Crippen molar-refractivity contribution in [2.24, 2.45) is 0 Å². The van der Waals surface area contributed by atoms with E-state index in [0.29, 0.717) is 11.4 Å². The monoisotopic (exact) mass is 417 g/mol. The van der Waals surface area contributed by atoms with Gasteiger partial charge in [0.15, 0.2) is 0 Å². The van der Waals surface area contributed by atoms with Crippen molar-refractivity contribution in [1.29, 1.82) is 0 Å². The molecule has 1 amide bonds. The number of aromatic nitrogens is 2. The number of halogens is 1. The molecule has 2 heterocycles. The lowest BCUT2D eigenvalue weighted by molar-refractivity contribution is -0.117. The van der Waals surface area contributed by atoms with Gasteiger partial charge in [-0.2, -0.15) is 5.10 Å². The number of rotatable bonds is 4. The molecule has 0 unspecified atom stereocenters. The summed E-state index contributed by atoms with van der Waals surface area (Å²) in [6.07, 6.45) is 0. The quantitative estimate of drug-likeness (QED) is 0.697. The molecule has 0 saturated carbocycles. The average Bonchev–Trinajstić information content (AvgIpc) is 2.99.